The largest absolute Gasteiger partial charge is 0.333 e. The van der Waals surface area contributed by atoms with Crippen molar-refractivity contribution in [2.24, 2.45) is 0 Å². The average molecular weight is 276 g/mol. The molecule has 0 aliphatic rings. The molecule has 1 N–H and O–H groups in total. The van der Waals surface area contributed by atoms with Crippen molar-refractivity contribution in [1.29, 1.82) is 0 Å². The lowest BCUT2D eigenvalue weighted by Crippen LogP contribution is -2.03. The van der Waals surface area contributed by atoms with Crippen LogP contribution in [0.4, 0.5) is 8.78 Å². The minimum absolute atomic E-state index is 0.139. The first-order valence-corrected chi connectivity index (χ1v) is 5.60. The molecule has 0 saturated heterocycles. The zero-order chi connectivity index (χ0) is 13.7. The molecular weight excluding hydrogens is 270 g/mol. The van der Waals surface area contributed by atoms with Gasteiger partial charge in [-0.3, -0.25) is 5.10 Å². The van der Waals surface area contributed by atoms with Gasteiger partial charge in [-0.05, 0) is 6.07 Å². The summed E-state index contributed by atoms with van der Waals surface area (Å²) in [6, 6.07) is 1.43. The second-order valence-corrected chi connectivity index (χ2v) is 4.02. The van der Waals surface area contributed by atoms with Crippen molar-refractivity contribution < 1.29 is 8.78 Å². The van der Waals surface area contributed by atoms with Gasteiger partial charge in [-0.1, -0.05) is 0 Å². The number of halogens is 2. The van der Waals surface area contributed by atoms with Gasteiger partial charge in [0.15, 0.2) is 11.3 Å². The Morgan fingerprint density at radius 1 is 1.30 bits per heavy atom. The maximum Gasteiger partial charge on any atom is 0.333 e. The van der Waals surface area contributed by atoms with Crippen LogP contribution in [0.25, 0.3) is 28.2 Å². The molecule has 0 radical (unpaired) electrons. The summed E-state index contributed by atoms with van der Waals surface area (Å²) in [5, 5.41) is 14.9. The number of hydrogen-bond donors (Lipinski definition) is 1. The van der Waals surface area contributed by atoms with Crippen molar-refractivity contribution >= 4 is 16.7 Å². The van der Waals surface area contributed by atoms with Gasteiger partial charge in [-0.25, -0.2) is 19.2 Å². The number of hydrogen-bond acceptors (Lipinski definition) is 5. The van der Waals surface area contributed by atoms with Gasteiger partial charge in [0, 0.05) is 6.20 Å². The van der Waals surface area contributed by atoms with Crippen LogP contribution in [0.1, 0.15) is 6.55 Å². The highest BCUT2D eigenvalue weighted by Gasteiger charge is 2.18. The number of aromatic amines is 1. The second-order valence-electron chi connectivity index (χ2n) is 4.02. The van der Waals surface area contributed by atoms with Crippen LogP contribution in [0, 0.1) is 0 Å². The van der Waals surface area contributed by atoms with Crippen LogP contribution in [0.3, 0.4) is 0 Å². The van der Waals surface area contributed by atoms with Crippen LogP contribution < -0.4 is 0 Å². The van der Waals surface area contributed by atoms with Crippen LogP contribution in [-0.2, 0) is 0 Å². The van der Waals surface area contributed by atoms with Gasteiger partial charge < -0.3 is 0 Å². The quantitative estimate of drug-likeness (QED) is 0.595. The molecule has 0 bridgehead atoms. The fraction of sp³-hybridized carbons (Fsp3) is 0.100. The van der Waals surface area contributed by atoms with E-state index in [0.717, 1.165) is 0 Å². The molecule has 8 nitrogen and oxygen atoms in total. The number of alkyl halides is 2. The fourth-order valence-corrected chi connectivity index (χ4v) is 2.00. The van der Waals surface area contributed by atoms with Crippen LogP contribution in [0.5, 0.6) is 0 Å². The molecule has 20 heavy (non-hydrogen) atoms. The highest BCUT2D eigenvalue weighted by atomic mass is 19.3. The van der Waals surface area contributed by atoms with Crippen molar-refractivity contribution in [1.82, 2.24) is 39.6 Å². The number of nitrogens with one attached hydrogen (secondary N) is 1. The molecule has 4 heterocycles. The molecule has 4 aromatic heterocycles. The van der Waals surface area contributed by atoms with Crippen molar-refractivity contribution in [3.05, 3.63) is 24.8 Å². The molecule has 4 aromatic rings. The molecule has 0 fully saturated rings. The first-order valence-electron chi connectivity index (χ1n) is 5.60. The zero-order valence-corrected chi connectivity index (χ0v) is 9.77. The minimum Gasteiger partial charge on any atom is -0.261 e. The first kappa shape index (κ1) is 11.0. The summed E-state index contributed by atoms with van der Waals surface area (Å²) < 4.78 is 27.6. The Kier molecular flexibility index (Phi) is 2.08. The third-order valence-corrected chi connectivity index (χ3v) is 2.87. The van der Waals surface area contributed by atoms with Gasteiger partial charge in [-0.2, -0.15) is 19.0 Å². The normalized spacial score (nSPS) is 11.9. The molecule has 0 aliphatic carbocycles. The molecule has 0 saturated carbocycles. The summed E-state index contributed by atoms with van der Waals surface area (Å²) in [6.45, 7) is -2.75. The van der Waals surface area contributed by atoms with Gasteiger partial charge in [0.25, 0.3) is 0 Å². The van der Waals surface area contributed by atoms with Crippen molar-refractivity contribution in [3.63, 3.8) is 0 Å². The summed E-state index contributed by atoms with van der Waals surface area (Å²) in [5.74, 6) is 0.151. The van der Waals surface area contributed by atoms with E-state index in [1.165, 1.54) is 23.1 Å². The molecule has 0 unspecified atom stereocenters. The Balaban J connectivity index is 1.98. The van der Waals surface area contributed by atoms with Crippen LogP contribution in [-0.4, -0.2) is 39.6 Å². The number of H-pyrrole nitrogens is 1. The number of rotatable bonds is 2. The van der Waals surface area contributed by atoms with Crippen LogP contribution >= 0.6 is 0 Å². The van der Waals surface area contributed by atoms with Gasteiger partial charge in [0.1, 0.15) is 12.0 Å². The molecule has 0 aliphatic heterocycles. The van der Waals surface area contributed by atoms with Gasteiger partial charge in [0.05, 0.1) is 11.6 Å². The van der Waals surface area contributed by atoms with E-state index in [-0.39, 0.29) is 11.5 Å². The molecular formula is C10H6F2N8. The average Bonchev–Trinajstić information content (AvgIpc) is 3.15. The Morgan fingerprint density at radius 2 is 2.20 bits per heavy atom. The molecule has 0 atom stereocenters. The maximum atomic E-state index is 12.8. The third-order valence-electron chi connectivity index (χ3n) is 2.87. The minimum atomic E-state index is -2.75. The zero-order valence-electron chi connectivity index (χ0n) is 9.77. The van der Waals surface area contributed by atoms with Gasteiger partial charge in [0.2, 0.25) is 5.82 Å². The molecule has 0 spiro atoms. The number of nitrogens with zero attached hydrogens (tertiary/aromatic N) is 7. The summed E-state index contributed by atoms with van der Waals surface area (Å²) >= 11 is 0. The molecule has 4 rings (SSSR count). The predicted octanol–water partition coefficient (Wildman–Crippen LogP) is 1.26. The highest BCUT2D eigenvalue weighted by Crippen LogP contribution is 2.22. The lowest BCUT2D eigenvalue weighted by atomic mass is 10.4. The van der Waals surface area contributed by atoms with E-state index in [9.17, 15) is 8.78 Å². The fourth-order valence-electron chi connectivity index (χ4n) is 2.00. The number of aromatic nitrogens is 8. The Bertz CT molecular complexity index is 904. The summed E-state index contributed by atoms with van der Waals surface area (Å²) in [7, 11) is 0. The van der Waals surface area contributed by atoms with Crippen LogP contribution in [0.2, 0.25) is 0 Å². The van der Waals surface area contributed by atoms with Crippen molar-refractivity contribution in [3.8, 4) is 11.5 Å². The van der Waals surface area contributed by atoms with E-state index in [1.54, 1.807) is 6.20 Å². The summed E-state index contributed by atoms with van der Waals surface area (Å²) in [5.41, 5.74) is 1.18. The topological polar surface area (TPSA) is 89.6 Å². The lowest BCUT2D eigenvalue weighted by Gasteiger charge is -2.01. The van der Waals surface area contributed by atoms with Crippen molar-refractivity contribution in [2.75, 3.05) is 0 Å². The van der Waals surface area contributed by atoms with Crippen molar-refractivity contribution in [2.45, 2.75) is 6.55 Å². The molecule has 100 valence electrons. The van der Waals surface area contributed by atoms with Crippen LogP contribution in [0.15, 0.2) is 24.8 Å². The van der Waals surface area contributed by atoms with E-state index in [1.807, 2.05) is 0 Å². The number of fused-ring (bicyclic) bond motifs is 3. The third kappa shape index (κ3) is 1.41. The Hall–Kier alpha value is -2.91. The molecule has 0 amide bonds. The van der Waals surface area contributed by atoms with E-state index in [0.29, 0.717) is 21.4 Å². The Morgan fingerprint density at radius 3 is 3.05 bits per heavy atom. The van der Waals surface area contributed by atoms with E-state index >= 15 is 0 Å². The maximum absolute atomic E-state index is 12.8. The molecule has 0 aromatic carbocycles. The predicted molar refractivity (Wildman–Crippen MR) is 62.9 cm³/mol. The highest BCUT2D eigenvalue weighted by molar-refractivity contribution is 5.88. The monoisotopic (exact) mass is 276 g/mol. The molecule has 10 heteroatoms. The summed E-state index contributed by atoms with van der Waals surface area (Å²) in [4.78, 5) is 8.35. The summed E-state index contributed by atoms with van der Waals surface area (Å²) in [6.07, 6.45) is 4.27. The van der Waals surface area contributed by atoms with E-state index < -0.39 is 6.55 Å². The van der Waals surface area contributed by atoms with Gasteiger partial charge in [-0.15, -0.1) is 5.10 Å². The lowest BCUT2D eigenvalue weighted by molar-refractivity contribution is 0.0583. The Labute approximate surface area is 109 Å². The smallest absolute Gasteiger partial charge is 0.261 e. The SMILES string of the molecule is FC(F)n1nccc1-c1nc2c3cn[nH]c3ncn2n1. The standard InChI is InChI=1S/C10H6F2N8/c11-10(12)20-6(1-2-15-20)8-16-9-5-3-14-17-7(5)13-4-19(9)18-8/h1-4,10H,(H,14,17). The first-order chi connectivity index (χ1) is 9.74. The van der Waals surface area contributed by atoms with E-state index in [2.05, 4.69) is 30.4 Å². The second kappa shape index (κ2) is 3.79. The van der Waals surface area contributed by atoms with E-state index in [4.69, 9.17) is 0 Å². The van der Waals surface area contributed by atoms with Gasteiger partial charge >= 0.3 is 6.55 Å².